The first-order valence-corrected chi connectivity index (χ1v) is 7.81. The monoisotopic (exact) mass is 303 g/mol. The number of amides is 1. The molecule has 0 N–H and O–H groups in total. The van der Waals surface area contributed by atoms with Crippen molar-refractivity contribution in [3.8, 4) is 0 Å². The fraction of sp³-hybridized carbons (Fsp3) is 0.562. The molecule has 1 saturated carbocycles. The van der Waals surface area contributed by atoms with Gasteiger partial charge in [0.05, 0.1) is 6.54 Å². The number of hydrogen-bond acceptors (Lipinski definition) is 5. The SMILES string of the molecule is CCc1cc(C(=O)N(C)Cc2noc(C3CC3)n2)oc1CC. The minimum Gasteiger partial charge on any atom is -0.456 e. The Kier molecular flexibility index (Phi) is 4.00. The third-order valence-corrected chi connectivity index (χ3v) is 3.95. The average Bonchev–Trinajstić information content (AvgIpc) is 3.12. The highest BCUT2D eigenvalue weighted by atomic mass is 16.5. The normalized spacial score (nSPS) is 14.3. The Hall–Kier alpha value is -2.11. The van der Waals surface area contributed by atoms with Gasteiger partial charge < -0.3 is 13.8 Å². The smallest absolute Gasteiger partial charge is 0.289 e. The Morgan fingerprint density at radius 2 is 2.14 bits per heavy atom. The molecule has 22 heavy (non-hydrogen) atoms. The molecule has 0 spiro atoms. The summed E-state index contributed by atoms with van der Waals surface area (Å²) in [5, 5.41) is 3.94. The fourth-order valence-corrected chi connectivity index (χ4v) is 2.47. The van der Waals surface area contributed by atoms with Crippen molar-refractivity contribution in [2.45, 2.75) is 52.0 Å². The van der Waals surface area contributed by atoms with E-state index in [0.29, 0.717) is 29.9 Å². The summed E-state index contributed by atoms with van der Waals surface area (Å²) in [7, 11) is 1.72. The van der Waals surface area contributed by atoms with Gasteiger partial charge in [0.15, 0.2) is 11.6 Å². The van der Waals surface area contributed by atoms with Gasteiger partial charge in [-0.15, -0.1) is 0 Å². The second-order valence-corrected chi connectivity index (χ2v) is 5.75. The van der Waals surface area contributed by atoms with Crippen molar-refractivity contribution in [1.29, 1.82) is 0 Å². The molecule has 1 fully saturated rings. The fourth-order valence-electron chi connectivity index (χ4n) is 2.47. The first-order valence-electron chi connectivity index (χ1n) is 7.81. The van der Waals surface area contributed by atoms with Crippen LogP contribution in [0.25, 0.3) is 0 Å². The van der Waals surface area contributed by atoms with E-state index in [0.717, 1.165) is 37.0 Å². The minimum atomic E-state index is -0.160. The van der Waals surface area contributed by atoms with Crippen molar-refractivity contribution in [2.24, 2.45) is 0 Å². The first kappa shape index (κ1) is 14.8. The predicted octanol–water partition coefficient (Wildman–Crippen LogP) is 2.94. The lowest BCUT2D eigenvalue weighted by Gasteiger charge is -2.12. The van der Waals surface area contributed by atoms with E-state index >= 15 is 0 Å². The summed E-state index contributed by atoms with van der Waals surface area (Å²) in [4.78, 5) is 18.3. The van der Waals surface area contributed by atoms with Gasteiger partial charge in [0.2, 0.25) is 5.89 Å². The van der Waals surface area contributed by atoms with Crippen LogP contribution < -0.4 is 0 Å². The highest BCUT2D eigenvalue weighted by Crippen LogP contribution is 2.38. The Balaban J connectivity index is 1.68. The highest BCUT2D eigenvalue weighted by molar-refractivity contribution is 5.91. The van der Waals surface area contributed by atoms with Crippen molar-refractivity contribution in [1.82, 2.24) is 15.0 Å². The van der Waals surface area contributed by atoms with Gasteiger partial charge in [-0.05, 0) is 30.9 Å². The van der Waals surface area contributed by atoms with Crippen LogP contribution in [0.5, 0.6) is 0 Å². The molecule has 0 bridgehead atoms. The number of furan rings is 1. The number of aromatic nitrogens is 2. The molecule has 0 aliphatic heterocycles. The lowest BCUT2D eigenvalue weighted by atomic mass is 10.1. The van der Waals surface area contributed by atoms with E-state index in [1.807, 2.05) is 13.0 Å². The summed E-state index contributed by atoms with van der Waals surface area (Å²) in [5.41, 5.74) is 1.09. The van der Waals surface area contributed by atoms with E-state index in [-0.39, 0.29) is 5.91 Å². The van der Waals surface area contributed by atoms with E-state index in [2.05, 4.69) is 17.1 Å². The Morgan fingerprint density at radius 1 is 1.36 bits per heavy atom. The van der Waals surface area contributed by atoms with Crippen molar-refractivity contribution in [3.05, 3.63) is 34.9 Å². The molecule has 0 radical (unpaired) electrons. The number of carbonyl (C=O) groups excluding carboxylic acids is 1. The van der Waals surface area contributed by atoms with Gasteiger partial charge in [-0.2, -0.15) is 4.98 Å². The Morgan fingerprint density at radius 3 is 2.73 bits per heavy atom. The third-order valence-electron chi connectivity index (χ3n) is 3.95. The largest absolute Gasteiger partial charge is 0.456 e. The molecule has 2 aromatic heterocycles. The molecule has 2 heterocycles. The van der Waals surface area contributed by atoms with Gasteiger partial charge in [-0.3, -0.25) is 4.79 Å². The third kappa shape index (κ3) is 2.91. The second kappa shape index (κ2) is 5.94. The molecule has 118 valence electrons. The van der Waals surface area contributed by atoms with E-state index in [4.69, 9.17) is 8.94 Å². The van der Waals surface area contributed by atoms with Gasteiger partial charge in [0.1, 0.15) is 5.76 Å². The molecule has 1 aliphatic carbocycles. The van der Waals surface area contributed by atoms with Crippen LogP contribution in [0.3, 0.4) is 0 Å². The van der Waals surface area contributed by atoms with E-state index in [9.17, 15) is 4.79 Å². The van der Waals surface area contributed by atoms with Crippen LogP contribution in [0.2, 0.25) is 0 Å². The van der Waals surface area contributed by atoms with Crippen LogP contribution in [0.1, 0.15) is 66.2 Å². The molecule has 0 saturated heterocycles. The van der Waals surface area contributed by atoms with Crippen molar-refractivity contribution in [3.63, 3.8) is 0 Å². The standard InChI is InChI=1S/C16H21N3O3/c1-4-10-8-13(21-12(10)5-2)16(20)19(3)9-14-17-15(22-18-14)11-6-7-11/h8,11H,4-7,9H2,1-3H3. The van der Waals surface area contributed by atoms with Gasteiger partial charge in [0.25, 0.3) is 5.91 Å². The van der Waals surface area contributed by atoms with Crippen LogP contribution in [0.15, 0.2) is 15.0 Å². The molecule has 0 aromatic carbocycles. The van der Waals surface area contributed by atoms with Crippen LogP contribution in [-0.4, -0.2) is 28.0 Å². The molecule has 2 aromatic rings. The first-order chi connectivity index (χ1) is 10.6. The summed E-state index contributed by atoms with van der Waals surface area (Å²) in [6, 6.07) is 1.84. The van der Waals surface area contributed by atoms with Crippen LogP contribution in [0, 0.1) is 0 Å². The van der Waals surface area contributed by atoms with Crippen LogP contribution in [0.4, 0.5) is 0 Å². The summed E-state index contributed by atoms with van der Waals surface area (Å²) in [5.74, 6) is 2.75. The quantitative estimate of drug-likeness (QED) is 0.820. The number of carbonyl (C=O) groups is 1. The molecule has 6 heteroatoms. The molecule has 6 nitrogen and oxygen atoms in total. The Labute approximate surface area is 129 Å². The van der Waals surface area contributed by atoms with Crippen LogP contribution >= 0.6 is 0 Å². The van der Waals surface area contributed by atoms with Gasteiger partial charge in [-0.1, -0.05) is 19.0 Å². The van der Waals surface area contributed by atoms with Crippen molar-refractivity contribution >= 4 is 5.91 Å². The average molecular weight is 303 g/mol. The summed E-state index contributed by atoms with van der Waals surface area (Å²) < 4.78 is 10.9. The van der Waals surface area contributed by atoms with Gasteiger partial charge >= 0.3 is 0 Å². The number of hydrogen-bond donors (Lipinski definition) is 0. The molecule has 0 atom stereocenters. The molecule has 1 amide bonds. The highest BCUT2D eigenvalue weighted by Gasteiger charge is 2.30. The molecular weight excluding hydrogens is 282 g/mol. The lowest BCUT2D eigenvalue weighted by Crippen LogP contribution is -2.26. The maximum absolute atomic E-state index is 12.4. The van der Waals surface area contributed by atoms with Gasteiger partial charge in [0, 0.05) is 19.4 Å². The van der Waals surface area contributed by atoms with E-state index in [1.165, 1.54) is 0 Å². The lowest BCUT2D eigenvalue weighted by molar-refractivity contribution is 0.0747. The molecule has 0 unspecified atom stereocenters. The number of rotatable bonds is 6. The maximum atomic E-state index is 12.4. The number of nitrogens with zero attached hydrogens (tertiary/aromatic N) is 3. The summed E-state index contributed by atoms with van der Waals surface area (Å²) >= 11 is 0. The second-order valence-electron chi connectivity index (χ2n) is 5.75. The zero-order chi connectivity index (χ0) is 15.7. The number of aryl methyl sites for hydroxylation is 2. The summed E-state index contributed by atoms with van der Waals surface area (Å²) in [6.45, 7) is 4.40. The summed E-state index contributed by atoms with van der Waals surface area (Å²) in [6.07, 6.45) is 3.87. The topological polar surface area (TPSA) is 72.4 Å². The molecule has 3 rings (SSSR count). The van der Waals surface area contributed by atoms with Crippen molar-refractivity contribution < 1.29 is 13.7 Å². The van der Waals surface area contributed by atoms with Crippen LogP contribution in [-0.2, 0) is 19.4 Å². The molecule has 1 aliphatic rings. The zero-order valence-corrected chi connectivity index (χ0v) is 13.3. The van der Waals surface area contributed by atoms with Gasteiger partial charge in [-0.25, -0.2) is 0 Å². The minimum absolute atomic E-state index is 0.160. The maximum Gasteiger partial charge on any atom is 0.289 e. The van der Waals surface area contributed by atoms with E-state index in [1.54, 1.807) is 11.9 Å². The predicted molar refractivity (Wildman–Crippen MR) is 79.5 cm³/mol. The Bertz CT molecular complexity index is 648. The van der Waals surface area contributed by atoms with Crippen molar-refractivity contribution in [2.75, 3.05) is 7.05 Å². The zero-order valence-electron chi connectivity index (χ0n) is 13.3. The van der Waals surface area contributed by atoms with E-state index < -0.39 is 0 Å². The molecular formula is C16H21N3O3.